The predicted molar refractivity (Wildman–Crippen MR) is 61.7 cm³/mol. The molecule has 0 radical (unpaired) electrons. The van der Waals surface area contributed by atoms with E-state index in [1.54, 1.807) is 0 Å². The van der Waals surface area contributed by atoms with E-state index in [4.69, 9.17) is 0 Å². The van der Waals surface area contributed by atoms with Crippen molar-refractivity contribution >= 4 is 24.0 Å². The number of carbonyl (C=O) groups is 1. The van der Waals surface area contributed by atoms with Gasteiger partial charge in [0.25, 0.3) is 0 Å². The van der Waals surface area contributed by atoms with Crippen LogP contribution in [0.4, 0.5) is 5.69 Å². The molecular weight excluding hydrogens is 214 g/mol. The van der Waals surface area contributed by atoms with E-state index in [-0.39, 0.29) is 17.9 Å². The Morgan fingerprint density at radius 2 is 1.73 bits per heavy atom. The van der Waals surface area contributed by atoms with Crippen LogP contribution in [0.25, 0.3) is 0 Å². The molecule has 15 heavy (non-hydrogen) atoms. The highest BCUT2D eigenvalue weighted by molar-refractivity contribution is 5.98. The molecule has 0 saturated carbocycles. The third kappa shape index (κ3) is 1.62. The summed E-state index contributed by atoms with van der Waals surface area (Å²) < 4.78 is 0. The number of hydrogen-bond donors (Lipinski definition) is 0. The van der Waals surface area contributed by atoms with Gasteiger partial charge in [-0.25, -0.2) is 0 Å². The van der Waals surface area contributed by atoms with Gasteiger partial charge in [0.2, 0.25) is 5.91 Å². The number of rotatable bonds is 0. The molecule has 0 spiro atoms. The first-order valence-electron chi connectivity index (χ1n) is 4.77. The van der Waals surface area contributed by atoms with Crippen LogP contribution in [0.2, 0.25) is 0 Å². The molecule has 3 nitrogen and oxygen atoms in total. The number of halogens is 1. The Hall–Kier alpha value is -1.06. The van der Waals surface area contributed by atoms with Crippen molar-refractivity contribution in [1.82, 2.24) is 0 Å². The van der Waals surface area contributed by atoms with Gasteiger partial charge in [-0.1, -0.05) is 18.2 Å². The molecule has 2 N–H and O–H groups in total. The van der Waals surface area contributed by atoms with Crippen molar-refractivity contribution in [1.29, 1.82) is 0 Å². The van der Waals surface area contributed by atoms with E-state index in [1.165, 1.54) is 16.8 Å². The third-order valence-corrected chi connectivity index (χ3v) is 2.99. The second-order valence-corrected chi connectivity index (χ2v) is 3.72. The van der Waals surface area contributed by atoms with Gasteiger partial charge in [-0.05, 0) is 24.0 Å². The molecule has 2 aliphatic heterocycles. The number of benzene rings is 1. The lowest BCUT2D eigenvalue weighted by Gasteiger charge is -2.24. The van der Waals surface area contributed by atoms with Gasteiger partial charge in [-0.15, -0.1) is 12.4 Å². The van der Waals surface area contributed by atoms with Crippen molar-refractivity contribution in [2.45, 2.75) is 19.3 Å². The van der Waals surface area contributed by atoms with Crippen molar-refractivity contribution in [3.63, 3.8) is 0 Å². The molecule has 0 atom stereocenters. The Labute approximate surface area is 94.8 Å². The van der Waals surface area contributed by atoms with Crippen LogP contribution in [-0.4, -0.2) is 17.9 Å². The van der Waals surface area contributed by atoms with Gasteiger partial charge in [0.1, 0.15) is 0 Å². The molecule has 1 aromatic carbocycles. The Morgan fingerprint density at radius 1 is 1.07 bits per heavy atom. The summed E-state index contributed by atoms with van der Waals surface area (Å²) >= 11 is 0. The van der Waals surface area contributed by atoms with Crippen LogP contribution in [-0.2, 0) is 17.6 Å². The molecule has 0 aromatic heterocycles. The normalized spacial score (nSPS) is 16.5. The van der Waals surface area contributed by atoms with E-state index in [9.17, 15) is 4.79 Å². The smallest absolute Gasteiger partial charge is 0.227 e. The molecule has 1 amide bonds. The molecule has 0 unspecified atom stereocenters. The quantitative estimate of drug-likeness (QED) is 0.655. The van der Waals surface area contributed by atoms with Crippen LogP contribution in [0, 0.1) is 0 Å². The van der Waals surface area contributed by atoms with Crippen LogP contribution in [0.1, 0.15) is 17.5 Å². The summed E-state index contributed by atoms with van der Waals surface area (Å²) in [4.78, 5) is 13.5. The summed E-state index contributed by atoms with van der Waals surface area (Å²) in [6.07, 6.45) is 2.66. The summed E-state index contributed by atoms with van der Waals surface area (Å²) in [6.45, 7) is 0.894. The van der Waals surface area contributed by atoms with E-state index in [2.05, 4.69) is 18.2 Å². The molecule has 3 rings (SSSR count). The minimum atomic E-state index is 0. The Morgan fingerprint density at radius 3 is 2.47 bits per heavy atom. The van der Waals surface area contributed by atoms with Gasteiger partial charge < -0.3 is 10.4 Å². The maximum Gasteiger partial charge on any atom is 0.227 e. The van der Waals surface area contributed by atoms with Gasteiger partial charge in [0.15, 0.2) is 0 Å². The monoisotopic (exact) mass is 227 g/mol. The Bertz CT molecular complexity index is 392. The van der Waals surface area contributed by atoms with E-state index in [1.807, 2.05) is 4.90 Å². The number of hydrogen-bond acceptors (Lipinski definition) is 1. The van der Waals surface area contributed by atoms with Crippen molar-refractivity contribution in [2.75, 3.05) is 11.4 Å². The lowest BCUT2D eigenvalue weighted by molar-refractivity contribution is -0.118. The van der Waals surface area contributed by atoms with E-state index >= 15 is 0 Å². The van der Waals surface area contributed by atoms with Gasteiger partial charge in [-0.2, -0.15) is 0 Å². The minimum Gasteiger partial charge on any atom is -0.412 e. The molecule has 0 bridgehead atoms. The zero-order chi connectivity index (χ0) is 8.84. The highest BCUT2D eigenvalue weighted by Crippen LogP contribution is 2.35. The zero-order valence-electron chi connectivity index (χ0n) is 8.32. The average Bonchev–Trinajstić information content (AvgIpc) is 2.57. The first-order valence-corrected chi connectivity index (χ1v) is 4.77. The van der Waals surface area contributed by atoms with Crippen LogP contribution >= 0.6 is 12.4 Å². The van der Waals surface area contributed by atoms with Crippen LogP contribution in [0.15, 0.2) is 18.2 Å². The van der Waals surface area contributed by atoms with E-state index < -0.39 is 0 Å². The van der Waals surface area contributed by atoms with Gasteiger partial charge in [0, 0.05) is 13.0 Å². The van der Waals surface area contributed by atoms with Gasteiger partial charge >= 0.3 is 0 Å². The molecule has 0 fully saturated rings. The fraction of sp³-hybridized carbons (Fsp3) is 0.364. The summed E-state index contributed by atoms with van der Waals surface area (Å²) in [5.74, 6) is 0.303. The van der Waals surface area contributed by atoms with E-state index in [0.717, 1.165) is 19.4 Å². The van der Waals surface area contributed by atoms with Gasteiger partial charge in [-0.3, -0.25) is 4.79 Å². The second-order valence-electron chi connectivity index (χ2n) is 3.72. The fourth-order valence-corrected chi connectivity index (χ4v) is 2.36. The fourth-order valence-electron chi connectivity index (χ4n) is 2.36. The molecule has 4 heteroatoms. The highest BCUT2D eigenvalue weighted by Gasteiger charge is 2.30. The molecule has 0 aliphatic carbocycles. The molecule has 0 saturated heterocycles. The first kappa shape index (κ1) is 12.0. The number of amides is 1. The van der Waals surface area contributed by atoms with E-state index in [0.29, 0.717) is 12.3 Å². The largest absolute Gasteiger partial charge is 0.412 e. The lowest BCUT2D eigenvalue weighted by atomic mass is 10.00. The summed E-state index contributed by atoms with van der Waals surface area (Å²) in [5.41, 5.74) is 3.93. The number of aryl methyl sites for hydroxylation is 1. The summed E-state index contributed by atoms with van der Waals surface area (Å²) in [6, 6.07) is 6.38. The van der Waals surface area contributed by atoms with Crippen LogP contribution < -0.4 is 4.90 Å². The van der Waals surface area contributed by atoms with Crippen molar-refractivity contribution in [3.8, 4) is 0 Å². The van der Waals surface area contributed by atoms with Crippen molar-refractivity contribution in [2.24, 2.45) is 0 Å². The number of anilines is 1. The maximum absolute atomic E-state index is 11.5. The number of para-hydroxylation sites is 1. The minimum absolute atomic E-state index is 0. The Kier molecular flexibility index (Phi) is 3.37. The second kappa shape index (κ2) is 4.21. The molecule has 82 valence electrons. The molecule has 1 aromatic rings. The number of carbonyl (C=O) groups excluding carboxylic acids is 1. The third-order valence-electron chi connectivity index (χ3n) is 2.99. The highest BCUT2D eigenvalue weighted by atomic mass is 35.5. The van der Waals surface area contributed by atoms with Crippen LogP contribution in [0.5, 0.6) is 0 Å². The maximum atomic E-state index is 11.5. The standard InChI is InChI=1S/C11H11NO.ClH.H2O/c13-10-5-4-8-2-1-3-9-6-7-12(10)11(8)9;;/h1-3H,4-7H2;1H;1H2. The van der Waals surface area contributed by atoms with Crippen LogP contribution in [0.3, 0.4) is 0 Å². The topological polar surface area (TPSA) is 51.8 Å². The lowest BCUT2D eigenvalue weighted by Crippen LogP contribution is -2.32. The predicted octanol–water partition coefficient (Wildman–Crippen LogP) is 1.12. The first-order chi connectivity index (χ1) is 6.36. The van der Waals surface area contributed by atoms with Crippen molar-refractivity contribution in [3.05, 3.63) is 29.3 Å². The summed E-state index contributed by atoms with van der Waals surface area (Å²) in [5, 5.41) is 0. The summed E-state index contributed by atoms with van der Waals surface area (Å²) in [7, 11) is 0. The molecule has 2 aliphatic rings. The average molecular weight is 228 g/mol. The Balaban J connectivity index is 0.000000562. The SMILES string of the molecule is Cl.O.O=C1CCc2cccc3c2N1CC3. The van der Waals surface area contributed by atoms with Crippen molar-refractivity contribution < 1.29 is 10.3 Å². The zero-order valence-corrected chi connectivity index (χ0v) is 9.14. The molecule has 2 heterocycles. The van der Waals surface area contributed by atoms with Gasteiger partial charge in [0.05, 0.1) is 5.69 Å². The molecular formula is C11H14ClNO2. The number of nitrogens with zero attached hydrogens (tertiary/aromatic N) is 1.